The van der Waals surface area contributed by atoms with Gasteiger partial charge in [-0.05, 0) is 38.1 Å². The summed E-state index contributed by atoms with van der Waals surface area (Å²) in [5.74, 6) is 1.19. The van der Waals surface area contributed by atoms with Crippen LogP contribution in [-0.4, -0.2) is 36.0 Å². The largest absolute Gasteiger partial charge is 0.338 e. The van der Waals surface area contributed by atoms with Crippen LogP contribution >= 0.6 is 0 Å². The first-order valence-electron chi connectivity index (χ1n) is 7.71. The molecule has 3 heteroatoms. The summed E-state index contributed by atoms with van der Waals surface area (Å²) >= 11 is 0. The Bertz CT molecular complexity index is 278. The van der Waals surface area contributed by atoms with Crippen molar-refractivity contribution in [2.75, 3.05) is 13.1 Å². The van der Waals surface area contributed by atoms with Gasteiger partial charge < -0.3 is 10.2 Å². The molecule has 0 aliphatic carbocycles. The van der Waals surface area contributed by atoms with Gasteiger partial charge in [0.15, 0.2) is 0 Å². The topological polar surface area (TPSA) is 32.3 Å². The molecule has 2 atom stereocenters. The molecule has 2 fully saturated rings. The second-order valence-corrected chi connectivity index (χ2v) is 6.30. The number of rotatable bonds is 6. The van der Waals surface area contributed by atoms with Crippen molar-refractivity contribution in [2.24, 2.45) is 5.92 Å². The number of fused-ring (bicyclic) bond motifs is 1. The van der Waals surface area contributed by atoms with Crippen molar-refractivity contribution in [3.8, 4) is 0 Å². The highest BCUT2D eigenvalue weighted by Crippen LogP contribution is 2.28. The summed E-state index contributed by atoms with van der Waals surface area (Å²) in [6.45, 7) is 6.63. The summed E-state index contributed by atoms with van der Waals surface area (Å²) in [6.07, 6.45) is 8.30. The molecule has 2 aliphatic rings. The number of amides is 1. The Morgan fingerprint density at radius 1 is 1.33 bits per heavy atom. The number of hydrogen-bond donors (Lipinski definition) is 1. The average Bonchev–Trinajstić information content (AvgIpc) is 2.66. The highest BCUT2D eigenvalue weighted by atomic mass is 16.2. The molecule has 18 heavy (non-hydrogen) atoms. The fourth-order valence-electron chi connectivity index (χ4n) is 3.30. The lowest BCUT2D eigenvalue weighted by molar-refractivity contribution is -0.129. The fraction of sp³-hybridized carbons (Fsp3) is 0.933. The van der Waals surface area contributed by atoms with E-state index < -0.39 is 0 Å². The number of piperidine rings is 1. The molecule has 1 amide bonds. The average molecular weight is 252 g/mol. The Morgan fingerprint density at radius 2 is 2.17 bits per heavy atom. The maximum Gasteiger partial charge on any atom is 0.224 e. The van der Waals surface area contributed by atoms with Gasteiger partial charge in [-0.3, -0.25) is 4.79 Å². The molecular formula is C15H28N2O. The van der Waals surface area contributed by atoms with Gasteiger partial charge in [-0.25, -0.2) is 0 Å². The Kier molecular flexibility index (Phi) is 5.04. The Morgan fingerprint density at radius 3 is 2.94 bits per heavy atom. The van der Waals surface area contributed by atoms with Crippen LogP contribution in [0, 0.1) is 5.92 Å². The van der Waals surface area contributed by atoms with E-state index in [0.29, 0.717) is 18.0 Å². The van der Waals surface area contributed by atoms with E-state index in [9.17, 15) is 4.79 Å². The molecule has 2 aliphatic heterocycles. The van der Waals surface area contributed by atoms with Crippen LogP contribution in [0.25, 0.3) is 0 Å². The van der Waals surface area contributed by atoms with Crippen molar-refractivity contribution in [3.05, 3.63) is 0 Å². The molecule has 2 saturated heterocycles. The van der Waals surface area contributed by atoms with Crippen LogP contribution in [0.5, 0.6) is 0 Å². The second kappa shape index (κ2) is 6.55. The second-order valence-electron chi connectivity index (χ2n) is 6.30. The molecule has 0 radical (unpaired) electrons. The highest BCUT2D eigenvalue weighted by Gasteiger charge is 2.40. The molecule has 0 aromatic carbocycles. The number of unbranched alkanes of at least 4 members (excludes halogenated alkanes) is 1. The summed E-state index contributed by atoms with van der Waals surface area (Å²) in [7, 11) is 0. The molecule has 104 valence electrons. The molecule has 0 aromatic heterocycles. The first-order chi connectivity index (χ1) is 8.68. The molecule has 0 spiro atoms. The first kappa shape index (κ1) is 13.9. The lowest BCUT2D eigenvalue weighted by Crippen LogP contribution is -2.45. The lowest BCUT2D eigenvalue weighted by Gasteiger charge is -2.32. The van der Waals surface area contributed by atoms with E-state index in [1.807, 2.05) is 0 Å². The van der Waals surface area contributed by atoms with E-state index in [2.05, 4.69) is 24.1 Å². The summed E-state index contributed by atoms with van der Waals surface area (Å²) in [6, 6.07) is 0.924. The SMILES string of the molecule is CC(C)CCCCNC1CC(=O)N2CCCCC12. The van der Waals surface area contributed by atoms with Crippen LogP contribution in [0.15, 0.2) is 0 Å². The van der Waals surface area contributed by atoms with Crippen LogP contribution in [0.3, 0.4) is 0 Å². The smallest absolute Gasteiger partial charge is 0.224 e. The van der Waals surface area contributed by atoms with Gasteiger partial charge in [0, 0.05) is 25.0 Å². The van der Waals surface area contributed by atoms with Crippen molar-refractivity contribution in [3.63, 3.8) is 0 Å². The quantitative estimate of drug-likeness (QED) is 0.737. The van der Waals surface area contributed by atoms with E-state index in [-0.39, 0.29) is 0 Å². The molecule has 0 saturated carbocycles. The molecule has 0 bridgehead atoms. The molecule has 2 rings (SSSR count). The van der Waals surface area contributed by atoms with Gasteiger partial charge in [0.25, 0.3) is 0 Å². The zero-order valence-electron chi connectivity index (χ0n) is 12.0. The zero-order valence-corrected chi connectivity index (χ0v) is 12.0. The van der Waals surface area contributed by atoms with Crippen molar-refractivity contribution in [1.82, 2.24) is 10.2 Å². The van der Waals surface area contributed by atoms with Gasteiger partial charge in [0.05, 0.1) is 0 Å². The van der Waals surface area contributed by atoms with Gasteiger partial charge in [-0.2, -0.15) is 0 Å². The predicted molar refractivity (Wildman–Crippen MR) is 74.4 cm³/mol. The maximum atomic E-state index is 11.9. The minimum absolute atomic E-state index is 0.374. The third-order valence-electron chi connectivity index (χ3n) is 4.34. The van der Waals surface area contributed by atoms with Crippen molar-refractivity contribution in [2.45, 2.75) is 70.9 Å². The maximum absolute atomic E-state index is 11.9. The Balaban J connectivity index is 1.68. The first-order valence-corrected chi connectivity index (χ1v) is 7.71. The van der Waals surface area contributed by atoms with Crippen LogP contribution in [0.1, 0.15) is 58.8 Å². The Hall–Kier alpha value is -0.570. The normalized spacial score (nSPS) is 27.9. The summed E-state index contributed by atoms with van der Waals surface area (Å²) < 4.78 is 0. The zero-order chi connectivity index (χ0) is 13.0. The molecule has 3 nitrogen and oxygen atoms in total. The third-order valence-corrected chi connectivity index (χ3v) is 4.34. The summed E-state index contributed by atoms with van der Waals surface area (Å²) in [4.78, 5) is 14.0. The van der Waals surface area contributed by atoms with Crippen molar-refractivity contribution >= 4 is 5.91 Å². The highest BCUT2D eigenvalue weighted by molar-refractivity contribution is 5.80. The van der Waals surface area contributed by atoms with Crippen molar-refractivity contribution in [1.29, 1.82) is 0 Å². The van der Waals surface area contributed by atoms with Gasteiger partial charge in [-0.15, -0.1) is 0 Å². The number of carbonyl (C=O) groups excluding carboxylic acids is 1. The molecule has 2 unspecified atom stereocenters. The van der Waals surface area contributed by atoms with Gasteiger partial charge in [-0.1, -0.05) is 26.7 Å². The fourth-order valence-corrected chi connectivity index (χ4v) is 3.30. The standard InChI is InChI=1S/C15H28N2O/c1-12(2)7-3-5-9-16-13-11-15(18)17-10-6-4-8-14(13)17/h12-14,16H,3-11H2,1-2H3. The molecule has 0 aromatic rings. The van der Waals surface area contributed by atoms with E-state index in [1.165, 1.54) is 38.5 Å². The van der Waals surface area contributed by atoms with Gasteiger partial charge in [0.1, 0.15) is 0 Å². The summed E-state index contributed by atoms with van der Waals surface area (Å²) in [5.41, 5.74) is 0. The van der Waals surface area contributed by atoms with Crippen LogP contribution in [0.4, 0.5) is 0 Å². The number of nitrogens with zero attached hydrogens (tertiary/aromatic N) is 1. The molecule has 1 N–H and O–H groups in total. The molecular weight excluding hydrogens is 224 g/mol. The van der Waals surface area contributed by atoms with Gasteiger partial charge in [0.2, 0.25) is 5.91 Å². The van der Waals surface area contributed by atoms with E-state index in [0.717, 1.165) is 25.4 Å². The summed E-state index contributed by atoms with van der Waals surface area (Å²) in [5, 5.41) is 3.62. The van der Waals surface area contributed by atoms with E-state index in [4.69, 9.17) is 0 Å². The monoisotopic (exact) mass is 252 g/mol. The van der Waals surface area contributed by atoms with Crippen molar-refractivity contribution < 1.29 is 4.79 Å². The minimum Gasteiger partial charge on any atom is -0.338 e. The van der Waals surface area contributed by atoms with Gasteiger partial charge >= 0.3 is 0 Å². The van der Waals surface area contributed by atoms with Crippen LogP contribution < -0.4 is 5.32 Å². The number of hydrogen-bond acceptors (Lipinski definition) is 2. The van der Waals surface area contributed by atoms with Crippen LogP contribution in [-0.2, 0) is 4.79 Å². The molecule has 2 heterocycles. The van der Waals surface area contributed by atoms with E-state index >= 15 is 0 Å². The number of nitrogens with one attached hydrogen (secondary N) is 1. The Labute approximate surface area is 111 Å². The van der Waals surface area contributed by atoms with E-state index in [1.54, 1.807) is 0 Å². The van der Waals surface area contributed by atoms with Crippen LogP contribution in [0.2, 0.25) is 0 Å². The lowest BCUT2D eigenvalue weighted by atomic mass is 9.99. The number of carbonyl (C=O) groups is 1. The predicted octanol–water partition coefficient (Wildman–Crippen LogP) is 2.56. The minimum atomic E-state index is 0.374. The third kappa shape index (κ3) is 3.47.